The normalized spacial score (nSPS) is 11.0. The zero-order valence-electron chi connectivity index (χ0n) is 9.80. The lowest BCUT2D eigenvalue weighted by atomic mass is 10.1. The van der Waals surface area contributed by atoms with Crippen molar-refractivity contribution in [3.8, 4) is 17.1 Å². The van der Waals surface area contributed by atoms with Gasteiger partial charge in [-0.1, -0.05) is 5.16 Å². The quantitative estimate of drug-likeness (QED) is 0.731. The number of ether oxygens (including phenoxy) is 1. The number of aromatic amines is 1. The topological polar surface area (TPSA) is 90.0 Å². The van der Waals surface area contributed by atoms with E-state index in [0.717, 1.165) is 22.2 Å². The number of hydrogen-bond donors (Lipinski definition) is 2. The maximum atomic E-state index is 5.46. The number of rotatable bonds is 3. The highest BCUT2D eigenvalue weighted by Crippen LogP contribution is 2.32. The lowest BCUT2D eigenvalue weighted by Crippen LogP contribution is -1.95. The molecule has 0 atom stereocenters. The predicted molar refractivity (Wildman–Crippen MR) is 66.0 cm³/mol. The Hall–Kier alpha value is -2.34. The molecule has 6 nitrogen and oxygen atoms in total. The number of hydrogen-bond acceptors (Lipinski definition) is 5. The number of aromatic nitrogens is 3. The van der Waals surface area contributed by atoms with Crippen molar-refractivity contribution in [1.29, 1.82) is 0 Å². The molecule has 0 saturated carbocycles. The van der Waals surface area contributed by atoms with Crippen LogP contribution in [0, 0.1) is 0 Å². The van der Waals surface area contributed by atoms with Gasteiger partial charge < -0.3 is 20.0 Å². The van der Waals surface area contributed by atoms with Gasteiger partial charge in [-0.3, -0.25) is 0 Å². The molecule has 0 radical (unpaired) electrons. The van der Waals surface area contributed by atoms with Crippen molar-refractivity contribution in [3.63, 3.8) is 0 Å². The number of nitrogens with one attached hydrogen (secondary N) is 1. The van der Waals surface area contributed by atoms with E-state index in [9.17, 15) is 0 Å². The first-order valence-electron chi connectivity index (χ1n) is 5.50. The van der Waals surface area contributed by atoms with Crippen LogP contribution in [0.15, 0.2) is 28.9 Å². The van der Waals surface area contributed by atoms with Crippen LogP contribution >= 0.6 is 0 Å². The second kappa shape index (κ2) is 4.15. The molecule has 6 heteroatoms. The SMILES string of the molecule is COc1ccc(-c2noc(CN)n2)c2cc[nH]c12. The first-order valence-corrected chi connectivity index (χ1v) is 5.50. The van der Waals surface area contributed by atoms with Gasteiger partial charge in [0.1, 0.15) is 5.75 Å². The van der Waals surface area contributed by atoms with Gasteiger partial charge in [-0.2, -0.15) is 4.98 Å². The molecule has 92 valence electrons. The van der Waals surface area contributed by atoms with E-state index in [1.165, 1.54) is 0 Å². The Bertz CT molecular complexity index is 686. The smallest absolute Gasteiger partial charge is 0.240 e. The molecule has 18 heavy (non-hydrogen) atoms. The first-order chi connectivity index (χ1) is 8.83. The minimum absolute atomic E-state index is 0.236. The van der Waals surface area contributed by atoms with Crippen LogP contribution in [0.5, 0.6) is 5.75 Å². The zero-order valence-corrected chi connectivity index (χ0v) is 9.80. The molecular weight excluding hydrogens is 232 g/mol. The van der Waals surface area contributed by atoms with Crippen LogP contribution in [0.2, 0.25) is 0 Å². The van der Waals surface area contributed by atoms with E-state index in [1.54, 1.807) is 7.11 Å². The molecule has 1 aromatic carbocycles. The first kappa shape index (κ1) is 10.8. The van der Waals surface area contributed by atoms with Gasteiger partial charge in [0.25, 0.3) is 0 Å². The van der Waals surface area contributed by atoms with Crippen molar-refractivity contribution in [2.24, 2.45) is 5.73 Å². The lowest BCUT2D eigenvalue weighted by molar-refractivity contribution is 0.380. The third kappa shape index (κ3) is 1.54. The van der Waals surface area contributed by atoms with E-state index < -0.39 is 0 Å². The third-order valence-electron chi connectivity index (χ3n) is 2.79. The van der Waals surface area contributed by atoms with E-state index in [-0.39, 0.29) is 6.54 Å². The van der Waals surface area contributed by atoms with E-state index in [2.05, 4.69) is 15.1 Å². The molecule has 0 unspecified atom stereocenters. The summed E-state index contributed by atoms with van der Waals surface area (Å²) in [5, 5.41) is 4.91. The van der Waals surface area contributed by atoms with Crippen LogP contribution in [-0.2, 0) is 6.54 Å². The van der Waals surface area contributed by atoms with E-state index in [4.69, 9.17) is 15.0 Å². The van der Waals surface area contributed by atoms with Crippen LogP contribution in [0.4, 0.5) is 0 Å². The minimum atomic E-state index is 0.236. The fourth-order valence-electron chi connectivity index (χ4n) is 1.94. The van der Waals surface area contributed by atoms with Crippen LogP contribution in [-0.4, -0.2) is 22.2 Å². The van der Waals surface area contributed by atoms with Crippen LogP contribution in [0.3, 0.4) is 0 Å². The summed E-state index contributed by atoms with van der Waals surface area (Å²) in [4.78, 5) is 7.36. The van der Waals surface area contributed by atoms with Crippen molar-refractivity contribution < 1.29 is 9.26 Å². The van der Waals surface area contributed by atoms with E-state index in [1.807, 2.05) is 24.4 Å². The Kier molecular flexibility index (Phi) is 2.49. The summed E-state index contributed by atoms with van der Waals surface area (Å²) in [5.41, 5.74) is 7.25. The molecule has 0 aliphatic carbocycles. The number of nitrogens with two attached hydrogens (primary N) is 1. The Morgan fingerprint density at radius 2 is 2.28 bits per heavy atom. The highest BCUT2D eigenvalue weighted by atomic mass is 16.5. The fourth-order valence-corrected chi connectivity index (χ4v) is 1.94. The highest BCUT2D eigenvalue weighted by molar-refractivity contribution is 5.96. The van der Waals surface area contributed by atoms with Gasteiger partial charge >= 0.3 is 0 Å². The Labute approximate surface area is 103 Å². The van der Waals surface area contributed by atoms with Crippen LogP contribution in [0.1, 0.15) is 5.89 Å². The van der Waals surface area contributed by atoms with Crippen LogP contribution < -0.4 is 10.5 Å². The predicted octanol–water partition coefficient (Wildman–Crippen LogP) is 1.69. The molecule has 0 amide bonds. The van der Waals surface area contributed by atoms with Gasteiger partial charge in [0, 0.05) is 17.1 Å². The Balaban J connectivity index is 2.20. The molecule has 2 heterocycles. The van der Waals surface area contributed by atoms with Crippen molar-refractivity contribution in [3.05, 3.63) is 30.3 Å². The monoisotopic (exact) mass is 244 g/mol. The molecule has 0 saturated heterocycles. The standard InChI is InChI=1S/C12H12N4O2/c1-17-9-3-2-8(7-4-5-14-11(7)9)12-15-10(6-13)18-16-12/h2-5,14H,6,13H2,1H3. The molecule has 0 aliphatic heterocycles. The summed E-state index contributed by atoms with van der Waals surface area (Å²) in [6.45, 7) is 0.236. The zero-order chi connectivity index (χ0) is 12.5. The average Bonchev–Trinajstić information content (AvgIpc) is 3.06. The average molecular weight is 244 g/mol. The molecular formula is C12H12N4O2. The number of fused-ring (bicyclic) bond motifs is 1. The molecule has 0 spiro atoms. The van der Waals surface area contributed by atoms with Crippen molar-refractivity contribution in [1.82, 2.24) is 15.1 Å². The second-order valence-corrected chi connectivity index (χ2v) is 3.80. The largest absolute Gasteiger partial charge is 0.495 e. The third-order valence-corrected chi connectivity index (χ3v) is 2.79. The second-order valence-electron chi connectivity index (χ2n) is 3.80. The maximum Gasteiger partial charge on any atom is 0.240 e. The van der Waals surface area contributed by atoms with E-state index >= 15 is 0 Å². The molecule has 3 N–H and O–H groups in total. The van der Waals surface area contributed by atoms with Gasteiger partial charge in [0.05, 0.1) is 19.2 Å². The molecule has 0 bridgehead atoms. The number of benzene rings is 1. The Morgan fingerprint density at radius 1 is 1.39 bits per heavy atom. The fraction of sp³-hybridized carbons (Fsp3) is 0.167. The summed E-state index contributed by atoms with van der Waals surface area (Å²) < 4.78 is 10.3. The van der Waals surface area contributed by atoms with Crippen molar-refractivity contribution in [2.75, 3.05) is 7.11 Å². The van der Waals surface area contributed by atoms with Crippen LogP contribution in [0.25, 0.3) is 22.3 Å². The highest BCUT2D eigenvalue weighted by Gasteiger charge is 2.13. The summed E-state index contributed by atoms with van der Waals surface area (Å²) in [7, 11) is 1.64. The van der Waals surface area contributed by atoms with Gasteiger partial charge in [0.2, 0.25) is 11.7 Å². The number of nitrogens with zero attached hydrogens (tertiary/aromatic N) is 2. The molecule has 0 aliphatic rings. The molecule has 2 aromatic heterocycles. The Morgan fingerprint density at radius 3 is 3.00 bits per heavy atom. The van der Waals surface area contributed by atoms with Crippen molar-refractivity contribution >= 4 is 10.9 Å². The van der Waals surface area contributed by atoms with Gasteiger partial charge in [-0.05, 0) is 18.2 Å². The number of H-pyrrole nitrogens is 1. The molecule has 0 fully saturated rings. The van der Waals surface area contributed by atoms with E-state index in [0.29, 0.717) is 11.7 Å². The summed E-state index contributed by atoms with van der Waals surface area (Å²) in [6.07, 6.45) is 1.85. The summed E-state index contributed by atoms with van der Waals surface area (Å²) in [6, 6.07) is 5.72. The van der Waals surface area contributed by atoms with Gasteiger partial charge in [-0.25, -0.2) is 0 Å². The maximum absolute atomic E-state index is 5.46. The molecule has 3 aromatic rings. The van der Waals surface area contributed by atoms with Crippen molar-refractivity contribution in [2.45, 2.75) is 6.54 Å². The van der Waals surface area contributed by atoms with Gasteiger partial charge in [-0.15, -0.1) is 0 Å². The van der Waals surface area contributed by atoms with Gasteiger partial charge in [0.15, 0.2) is 0 Å². The number of methoxy groups -OCH3 is 1. The molecule has 3 rings (SSSR count). The summed E-state index contributed by atoms with van der Waals surface area (Å²) in [5.74, 6) is 1.73. The minimum Gasteiger partial charge on any atom is -0.495 e. The lowest BCUT2D eigenvalue weighted by Gasteiger charge is -2.03. The summed E-state index contributed by atoms with van der Waals surface area (Å²) >= 11 is 0.